The molecule has 1 N–H and O–H groups in total. The van der Waals surface area contributed by atoms with Gasteiger partial charge in [-0.25, -0.2) is 4.39 Å². The lowest BCUT2D eigenvalue weighted by atomic mass is 9.78. The predicted octanol–water partition coefficient (Wildman–Crippen LogP) is 5.53. The van der Waals surface area contributed by atoms with E-state index in [1.807, 2.05) is 12.1 Å². The van der Waals surface area contributed by atoms with Gasteiger partial charge in [0.15, 0.2) is 5.82 Å². The maximum absolute atomic E-state index is 13.8. The highest BCUT2D eigenvalue weighted by molar-refractivity contribution is 6.30. The largest absolute Gasteiger partial charge is 0.496 e. The fraction of sp³-hybridized carbons (Fsp3) is 0.391. The second kappa shape index (κ2) is 9.15. The Kier molecular flexibility index (Phi) is 6.51. The normalized spacial score (nSPS) is 20.2. The van der Waals surface area contributed by atoms with Crippen LogP contribution in [-0.2, 0) is 13.1 Å². The highest BCUT2D eigenvalue weighted by Gasteiger charge is 2.30. The van der Waals surface area contributed by atoms with Gasteiger partial charge >= 0.3 is 0 Å². The molecule has 0 spiro atoms. The van der Waals surface area contributed by atoms with E-state index in [-0.39, 0.29) is 18.2 Å². The fourth-order valence-electron chi connectivity index (χ4n) is 4.88. The number of fused-ring (bicyclic) bond motifs is 3. The van der Waals surface area contributed by atoms with Gasteiger partial charge in [0.25, 0.3) is 0 Å². The van der Waals surface area contributed by atoms with Crippen LogP contribution in [0.15, 0.2) is 36.4 Å². The van der Waals surface area contributed by atoms with Crippen molar-refractivity contribution in [2.24, 2.45) is 0 Å². The van der Waals surface area contributed by atoms with Gasteiger partial charge in [-0.05, 0) is 73.6 Å². The standard InChI is InChI=1S/C23H24ClFN4O.ClH/c1-30-21-9-7-18(25)11-19(21)14-2-4-15(5-3-14)23-28-27-22-13-26-12-16-10-17(24)6-8-20(16)29(22)23;/h6-11,14-15,26H,2-5,12-13H2,1H3;1H. The van der Waals surface area contributed by atoms with Crippen molar-refractivity contribution in [3.8, 4) is 11.4 Å². The van der Waals surface area contributed by atoms with Crippen LogP contribution in [0.25, 0.3) is 5.69 Å². The number of rotatable bonds is 3. The van der Waals surface area contributed by atoms with Crippen LogP contribution in [0.4, 0.5) is 4.39 Å². The summed E-state index contributed by atoms with van der Waals surface area (Å²) in [6.07, 6.45) is 3.91. The molecule has 0 bridgehead atoms. The van der Waals surface area contributed by atoms with Crippen LogP contribution in [0.2, 0.25) is 5.02 Å². The summed E-state index contributed by atoms with van der Waals surface area (Å²) < 4.78 is 21.5. The molecule has 5 rings (SSSR count). The molecule has 31 heavy (non-hydrogen) atoms. The van der Waals surface area contributed by atoms with Crippen LogP contribution in [0.1, 0.15) is 60.3 Å². The number of aromatic nitrogens is 3. The van der Waals surface area contributed by atoms with Crippen molar-refractivity contribution < 1.29 is 9.13 Å². The molecule has 164 valence electrons. The van der Waals surface area contributed by atoms with E-state index in [0.717, 1.165) is 71.5 Å². The highest BCUT2D eigenvalue weighted by atomic mass is 35.5. The predicted molar refractivity (Wildman–Crippen MR) is 121 cm³/mol. The second-order valence-corrected chi connectivity index (χ2v) is 8.56. The Labute approximate surface area is 192 Å². The molecule has 0 radical (unpaired) electrons. The van der Waals surface area contributed by atoms with Crippen LogP contribution in [0.5, 0.6) is 5.75 Å². The van der Waals surface area contributed by atoms with Gasteiger partial charge in [-0.2, -0.15) is 0 Å². The summed E-state index contributed by atoms with van der Waals surface area (Å²) in [5, 5.41) is 13.2. The zero-order valence-electron chi connectivity index (χ0n) is 17.3. The molecule has 0 atom stereocenters. The molecule has 1 fully saturated rings. The number of methoxy groups -OCH3 is 1. The third-order valence-corrected chi connectivity index (χ3v) is 6.60. The molecular weight excluding hydrogens is 438 g/mol. The summed E-state index contributed by atoms with van der Waals surface area (Å²) >= 11 is 6.22. The molecule has 2 aliphatic rings. The van der Waals surface area contributed by atoms with Crippen molar-refractivity contribution in [3.63, 3.8) is 0 Å². The van der Waals surface area contributed by atoms with Gasteiger partial charge in [-0.15, -0.1) is 22.6 Å². The Morgan fingerprint density at radius 3 is 2.58 bits per heavy atom. The number of hydrogen-bond acceptors (Lipinski definition) is 4. The molecule has 2 aromatic carbocycles. The van der Waals surface area contributed by atoms with E-state index in [0.29, 0.717) is 18.4 Å². The van der Waals surface area contributed by atoms with Crippen LogP contribution >= 0.6 is 24.0 Å². The minimum absolute atomic E-state index is 0. The van der Waals surface area contributed by atoms with Crippen molar-refractivity contribution >= 4 is 24.0 Å². The maximum atomic E-state index is 13.8. The Morgan fingerprint density at radius 2 is 1.81 bits per heavy atom. The summed E-state index contributed by atoms with van der Waals surface area (Å²) in [6.45, 7) is 1.43. The topological polar surface area (TPSA) is 52.0 Å². The molecule has 1 aromatic heterocycles. The van der Waals surface area contributed by atoms with E-state index in [1.165, 1.54) is 6.07 Å². The van der Waals surface area contributed by atoms with Crippen molar-refractivity contribution in [2.75, 3.05) is 7.11 Å². The third-order valence-electron chi connectivity index (χ3n) is 6.36. The lowest BCUT2D eigenvalue weighted by molar-refractivity contribution is 0.360. The molecule has 1 aliphatic heterocycles. The lowest BCUT2D eigenvalue weighted by Gasteiger charge is -2.29. The first-order chi connectivity index (χ1) is 14.6. The quantitative estimate of drug-likeness (QED) is 0.555. The average molecular weight is 463 g/mol. The zero-order chi connectivity index (χ0) is 20.7. The van der Waals surface area contributed by atoms with Crippen LogP contribution in [0.3, 0.4) is 0 Å². The van der Waals surface area contributed by atoms with E-state index < -0.39 is 0 Å². The number of nitrogens with zero attached hydrogens (tertiary/aromatic N) is 3. The van der Waals surface area contributed by atoms with Crippen molar-refractivity contribution in [2.45, 2.75) is 50.6 Å². The molecule has 0 amide bonds. The van der Waals surface area contributed by atoms with E-state index in [1.54, 1.807) is 19.2 Å². The average Bonchev–Trinajstić information content (AvgIpc) is 3.09. The molecule has 0 saturated heterocycles. The number of benzene rings is 2. The molecule has 3 aromatic rings. The minimum atomic E-state index is -0.210. The van der Waals surface area contributed by atoms with Gasteiger partial charge in [0, 0.05) is 23.0 Å². The minimum Gasteiger partial charge on any atom is -0.496 e. The number of nitrogens with one attached hydrogen (secondary N) is 1. The van der Waals surface area contributed by atoms with Crippen molar-refractivity contribution in [1.82, 2.24) is 20.1 Å². The number of halogens is 3. The smallest absolute Gasteiger partial charge is 0.151 e. The Bertz CT molecular complexity index is 1080. The molecule has 1 aliphatic carbocycles. The maximum Gasteiger partial charge on any atom is 0.151 e. The molecule has 1 saturated carbocycles. The second-order valence-electron chi connectivity index (χ2n) is 8.12. The first-order valence-electron chi connectivity index (χ1n) is 10.4. The molecule has 0 unspecified atom stereocenters. The van der Waals surface area contributed by atoms with Gasteiger partial charge in [0.05, 0.1) is 19.3 Å². The Hall–Kier alpha value is -2.15. The Balaban J connectivity index is 0.00000231. The van der Waals surface area contributed by atoms with Gasteiger partial charge in [0.2, 0.25) is 0 Å². The van der Waals surface area contributed by atoms with Gasteiger partial charge < -0.3 is 10.1 Å². The summed E-state index contributed by atoms with van der Waals surface area (Å²) in [7, 11) is 1.64. The fourth-order valence-corrected chi connectivity index (χ4v) is 5.08. The summed E-state index contributed by atoms with van der Waals surface area (Å²) in [6, 6.07) is 10.8. The van der Waals surface area contributed by atoms with Crippen LogP contribution in [0, 0.1) is 5.82 Å². The summed E-state index contributed by atoms with van der Waals surface area (Å²) in [5.74, 6) is 3.13. The number of ether oxygens (including phenoxy) is 1. The number of hydrogen-bond donors (Lipinski definition) is 1. The van der Waals surface area contributed by atoms with Gasteiger partial charge in [-0.1, -0.05) is 11.6 Å². The zero-order valence-corrected chi connectivity index (χ0v) is 18.8. The lowest BCUT2D eigenvalue weighted by Crippen LogP contribution is -2.17. The summed E-state index contributed by atoms with van der Waals surface area (Å²) in [4.78, 5) is 0. The Morgan fingerprint density at radius 1 is 1.03 bits per heavy atom. The van der Waals surface area contributed by atoms with E-state index in [2.05, 4.69) is 26.1 Å². The monoisotopic (exact) mass is 462 g/mol. The highest BCUT2D eigenvalue weighted by Crippen LogP contribution is 2.43. The summed E-state index contributed by atoms with van der Waals surface area (Å²) in [5.41, 5.74) is 3.23. The molecular formula is C23H25Cl2FN4O. The van der Waals surface area contributed by atoms with Crippen molar-refractivity contribution in [3.05, 3.63) is 70.0 Å². The molecule has 5 nitrogen and oxygen atoms in total. The van der Waals surface area contributed by atoms with Crippen LogP contribution in [-0.4, -0.2) is 21.9 Å². The van der Waals surface area contributed by atoms with Gasteiger partial charge in [-0.3, -0.25) is 4.57 Å². The van der Waals surface area contributed by atoms with Crippen molar-refractivity contribution in [1.29, 1.82) is 0 Å². The first kappa shape index (κ1) is 22.1. The van der Waals surface area contributed by atoms with E-state index in [9.17, 15) is 4.39 Å². The van der Waals surface area contributed by atoms with Gasteiger partial charge in [0.1, 0.15) is 17.4 Å². The van der Waals surface area contributed by atoms with E-state index >= 15 is 0 Å². The molecule has 8 heteroatoms. The molecule has 2 heterocycles. The first-order valence-corrected chi connectivity index (χ1v) is 10.8. The van der Waals surface area contributed by atoms with E-state index in [4.69, 9.17) is 16.3 Å². The SMILES string of the molecule is COc1ccc(F)cc1C1CCC(c2nnc3n2-c2ccc(Cl)cc2CNC3)CC1.Cl. The van der Waals surface area contributed by atoms with Crippen LogP contribution < -0.4 is 10.1 Å². The third kappa shape index (κ3) is 4.16.